The zero-order valence-electron chi connectivity index (χ0n) is 13.5. The summed E-state index contributed by atoms with van der Waals surface area (Å²) < 4.78 is 10.6. The van der Waals surface area contributed by atoms with Gasteiger partial charge in [-0.25, -0.2) is 5.43 Å². The second-order valence-corrected chi connectivity index (χ2v) is 5.16. The maximum absolute atomic E-state index is 11.8. The fourth-order valence-corrected chi connectivity index (χ4v) is 2.12. The first kappa shape index (κ1) is 17.2. The summed E-state index contributed by atoms with van der Waals surface area (Å²) in [6, 6.07) is 6.25. The highest BCUT2D eigenvalue weighted by atomic mass is 16.6. The zero-order valence-corrected chi connectivity index (χ0v) is 13.5. The highest BCUT2D eigenvalue weighted by Crippen LogP contribution is 2.28. The smallest absolute Gasteiger partial charge is 0.277 e. The molecule has 0 aliphatic rings. The van der Waals surface area contributed by atoms with Gasteiger partial charge in [0.2, 0.25) is 0 Å². The second-order valence-electron chi connectivity index (χ2n) is 5.16. The summed E-state index contributed by atoms with van der Waals surface area (Å²) in [6.07, 6.45) is 1.51. The van der Waals surface area contributed by atoms with Crippen LogP contribution in [0.5, 0.6) is 5.75 Å². The molecule has 1 N–H and O–H groups in total. The van der Waals surface area contributed by atoms with Crippen LogP contribution in [-0.2, 0) is 4.79 Å². The van der Waals surface area contributed by atoms with Gasteiger partial charge in [-0.1, -0.05) is 0 Å². The summed E-state index contributed by atoms with van der Waals surface area (Å²) in [6.45, 7) is 4.82. The number of non-ortho nitro benzene ring substituents is 1. The SMILES string of the molecule is C/C(=N/NC(=O)COc1c(C)cc([N+](=O)[O-])cc1C)c1ccco1. The highest BCUT2D eigenvalue weighted by Gasteiger charge is 2.14. The normalized spacial score (nSPS) is 11.2. The standard InChI is InChI=1S/C16H17N3O5/c1-10-7-13(19(21)22)8-11(2)16(10)24-9-15(20)18-17-12(3)14-5-4-6-23-14/h4-8H,9H2,1-3H3,(H,18,20)/b17-12-. The molecule has 1 amide bonds. The van der Waals surface area contributed by atoms with Crippen molar-refractivity contribution in [1.82, 2.24) is 5.43 Å². The number of rotatable bonds is 6. The van der Waals surface area contributed by atoms with Crippen LogP contribution in [-0.4, -0.2) is 23.1 Å². The lowest BCUT2D eigenvalue weighted by atomic mass is 10.1. The Labute approximate surface area is 138 Å². The van der Waals surface area contributed by atoms with E-state index < -0.39 is 10.8 Å². The number of hydrogen-bond acceptors (Lipinski definition) is 6. The predicted octanol–water partition coefficient (Wildman–Crippen LogP) is 2.72. The third-order valence-corrected chi connectivity index (χ3v) is 3.23. The van der Waals surface area contributed by atoms with Gasteiger partial charge in [0.05, 0.1) is 11.2 Å². The first-order chi connectivity index (χ1) is 11.4. The molecular formula is C16H17N3O5. The number of furan rings is 1. The van der Waals surface area contributed by atoms with E-state index in [1.165, 1.54) is 18.4 Å². The Bertz CT molecular complexity index is 758. The van der Waals surface area contributed by atoms with Crippen molar-refractivity contribution < 1.29 is 18.9 Å². The Balaban J connectivity index is 1.97. The highest BCUT2D eigenvalue weighted by molar-refractivity contribution is 5.96. The van der Waals surface area contributed by atoms with E-state index >= 15 is 0 Å². The first-order valence-electron chi connectivity index (χ1n) is 7.14. The molecule has 0 saturated heterocycles. The fourth-order valence-electron chi connectivity index (χ4n) is 2.12. The van der Waals surface area contributed by atoms with E-state index in [2.05, 4.69) is 10.5 Å². The maximum Gasteiger partial charge on any atom is 0.277 e. The number of nitro benzene ring substituents is 1. The van der Waals surface area contributed by atoms with Crippen molar-refractivity contribution in [3.63, 3.8) is 0 Å². The molecule has 0 spiro atoms. The lowest BCUT2D eigenvalue weighted by Gasteiger charge is -2.11. The molecular weight excluding hydrogens is 314 g/mol. The van der Waals surface area contributed by atoms with Gasteiger partial charge in [-0.3, -0.25) is 14.9 Å². The van der Waals surface area contributed by atoms with Crippen molar-refractivity contribution in [1.29, 1.82) is 0 Å². The van der Waals surface area contributed by atoms with Gasteiger partial charge in [-0.2, -0.15) is 5.10 Å². The Morgan fingerprint density at radius 1 is 1.38 bits per heavy atom. The van der Waals surface area contributed by atoms with Crippen LogP contribution < -0.4 is 10.2 Å². The Morgan fingerprint density at radius 2 is 2.04 bits per heavy atom. The summed E-state index contributed by atoms with van der Waals surface area (Å²) in [7, 11) is 0. The molecule has 8 nitrogen and oxygen atoms in total. The van der Waals surface area contributed by atoms with Crippen molar-refractivity contribution in [2.45, 2.75) is 20.8 Å². The summed E-state index contributed by atoms with van der Waals surface area (Å²) in [5.74, 6) is 0.554. The van der Waals surface area contributed by atoms with E-state index in [-0.39, 0.29) is 12.3 Å². The van der Waals surface area contributed by atoms with E-state index in [1.54, 1.807) is 32.9 Å². The number of carbonyl (C=O) groups excluding carboxylic acids is 1. The number of carbonyl (C=O) groups is 1. The van der Waals surface area contributed by atoms with Crippen molar-refractivity contribution in [2.24, 2.45) is 5.10 Å². The summed E-state index contributed by atoms with van der Waals surface area (Å²) >= 11 is 0. The molecule has 24 heavy (non-hydrogen) atoms. The average Bonchev–Trinajstić information content (AvgIpc) is 3.06. The van der Waals surface area contributed by atoms with Gasteiger partial charge in [-0.15, -0.1) is 0 Å². The summed E-state index contributed by atoms with van der Waals surface area (Å²) in [5.41, 5.74) is 4.05. The van der Waals surface area contributed by atoms with Gasteiger partial charge >= 0.3 is 0 Å². The van der Waals surface area contributed by atoms with E-state index in [1.807, 2.05) is 0 Å². The number of ether oxygens (including phenoxy) is 1. The molecule has 0 aliphatic carbocycles. The molecule has 0 bridgehead atoms. The van der Waals surface area contributed by atoms with Gasteiger partial charge in [0, 0.05) is 12.1 Å². The average molecular weight is 331 g/mol. The minimum atomic E-state index is -0.470. The molecule has 0 aliphatic heterocycles. The minimum absolute atomic E-state index is 0.0134. The van der Waals surface area contributed by atoms with Gasteiger partial charge in [0.15, 0.2) is 6.61 Å². The molecule has 8 heteroatoms. The summed E-state index contributed by atoms with van der Waals surface area (Å²) in [4.78, 5) is 22.1. The number of aryl methyl sites for hydroxylation is 2. The third-order valence-electron chi connectivity index (χ3n) is 3.23. The van der Waals surface area contributed by atoms with Crippen LogP contribution in [0.25, 0.3) is 0 Å². The van der Waals surface area contributed by atoms with Gasteiger partial charge in [0.1, 0.15) is 17.2 Å². The fraction of sp³-hybridized carbons (Fsp3) is 0.250. The predicted molar refractivity (Wildman–Crippen MR) is 87.1 cm³/mol. The Hall–Kier alpha value is -3.16. The quantitative estimate of drug-likeness (QED) is 0.497. The van der Waals surface area contributed by atoms with Crippen LogP contribution in [0.2, 0.25) is 0 Å². The molecule has 1 aromatic carbocycles. The van der Waals surface area contributed by atoms with Gasteiger partial charge in [0.25, 0.3) is 11.6 Å². The second kappa shape index (κ2) is 7.40. The van der Waals surface area contributed by atoms with Gasteiger partial charge in [-0.05, 0) is 44.0 Å². The number of hydrazone groups is 1. The number of nitrogens with one attached hydrogen (secondary N) is 1. The number of nitro groups is 1. The molecule has 1 aromatic heterocycles. The van der Waals surface area contributed by atoms with Crippen molar-refractivity contribution in [2.75, 3.05) is 6.61 Å². The topological polar surface area (TPSA) is 107 Å². The molecule has 0 saturated carbocycles. The molecule has 0 fully saturated rings. The lowest BCUT2D eigenvalue weighted by molar-refractivity contribution is -0.385. The van der Waals surface area contributed by atoms with Crippen LogP contribution in [0, 0.1) is 24.0 Å². The molecule has 0 unspecified atom stereocenters. The van der Waals surface area contributed by atoms with Crippen molar-refractivity contribution in [3.05, 3.63) is 57.5 Å². The Kier molecular flexibility index (Phi) is 5.31. The van der Waals surface area contributed by atoms with Crippen LogP contribution in [0.15, 0.2) is 40.0 Å². The number of amides is 1. The summed E-state index contributed by atoms with van der Waals surface area (Å²) in [5, 5.41) is 14.7. The molecule has 0 atom stereocenters. The van der Waals surface area contributed by atoms with Crippen LogP contribution in [0.1, 0.15) is 23.8 Å². The van der Waals surface area contributed by atoms with E-state index in [4.69, 9.17) is 9.15 Å². The number of nitrogens with zero attached hydrogens (tertiary/aromatic N) is 2. The molecule has 2 aromatic rings. The molecule has 0 radical (unpaired) electrons. The van der Waals surface area contributed by atoms with E-state index in [0.29, 0.717) is 28.3 Å². The largest absolute Gasteiger partial charge is 0.483 e. The third kappa shape index (κ3) is 4.19. The zero-order chi connectivity index (χ0) is 17.7. The number of hydrogen-bond donors (Lipinski definition) is 1. The van der Waals surface area contributed by atoms with E-state index in [9.17, 15) is 14.9 Å². The van der Waals surface area contributed by atoms with Crippen LogP contribution in [0.3, 0.4) is 0 Å². The molecule has 2 rings (SSSR count). The maximum atomic E-state index is 11.8. The van der Waals surface area contributed by atoms with Crippen LogP contribution in [0.4, 0.5) is 5.69 Å². The van der Waals surface area contributed by atoms with Crippen molar-refractivity contribution >= 4 is 17.3 Å². The Morgan fingerprint density at radius 3 is 2.58 bits per heavy atom. The minimum Gasteiger partial charge on any atom is -0.483 e. The first-order valence-corrected chi connectivity index (χ1v) is 7.14. The molecule has 1 heterocycles. The number of benzene rings is 1. The lowest BCUT2D eigenvalue weighted by Crippen LogP contribution is -2.26. The monoisotopic (exact) mass is 331 g/mol. The van der Waals surface area contributed by atoms with E-state index in [0.717, 1.165) is 0 Å². The van der Waals surface area contributed by atoms with Gasteiger partial charge < -0.3 is 9.15 Å². The van der Waals surface area contributed by atoms with Crippen LogP contribution >= 0.6 is 0 Å². The molecule has 126 valence electrons. The van der Waals surface area contributed by atoms with Crippen molar-refractivity contribution in [3.8, 4) is 5.75 Å².